The minimum absolute atomic E-state index is 0.0656. The van der Waals surface area contributed by atoms with Crippen LogP contribution in [-0.4, -0.2) is 22.2 Å². The quantitative estimate of drug-likeness (QED) is 0.649. The van der Waals surface area contributed by atoms with Gasteiger partial charge in [-0.3, -0.25) is 9.59 Å². The van der Waals surface area contributed by atoms with E-state index in [1.165, 1.54) is 6.07 Å². The first-order chi connectivity index (χ1) is 13.1. The van der Waals surface area contributed by atoms with Gasteiger partial charge in [-0.1, -0.05) is 36.4 Å². The largest absolute Gasteiger partial charge is 0.507 e. The molecule has 0 fully saturated rings. The Labute approximate surface area is 157 Å². The number of rotatable bonds is 7. The molecule has 2 aromatic carbocycles. The molecule has 0 atom stereocenters. The minimum Gasteiger partial charge on any atom is -0.507 e. The van der Waals surface area contributed by atoms with Crippen molar-refractivity contribution in [1.82, 2.24) is 4.57 Å². The molecule has 0 aliphatic carbocycles. The number of carbonyl (C=O) groups excluding carboxylic acids is 1. The molecule has 1 N–H and O–H groups in total. The Hall–Kier alpha value is -3.08. The molecule has 0 spiro atoms. The third kappa shape index (κ3) is 4.56. The van der Waals surface area contributed by atoms with Crippen LogP contribution in [0.1, 0.15) is 30.9 Å². The molecule has 5 heteroatoms. The highest BCUT2D eigenvalue weighted by Crippen LogP contribution is 2.29. The van der Waals surface area contributed by atoms with Crippen molar-refractivity contribution < 1.29 is 14.6 Å². The van der Waals surface area contributed by atoms with Crippen LogP contribution < -0.4 is 5.43 Å². The summed E-state index contributed by atoms with van der Waals surface area (Å²) >= 11 is 0. The molecule has 1 heterocycles. The van der Waals surface area contributed by atoms with Crippen LogP contribution in [0.5, 0.6) is 5.75 Å². The molecule has 140 valence electrons. The zero-order chi connectivity index (χ0) is 19.2. The smallest absolute Gasteiger partial charge is 0.305 e. The number of aromatic hydroxyl groups is 1. The lowest BCUT2D eigenvalue weighted by atomic mass is 10.0. The van der Waals surface area contributed by atoms with Crippen molar-refractivity contribution in [2.24, 2.45) is 0 Å². The number of fused-ring (bicyclic) bond motifs is 1. The van der Waals surface area contributed by atoms with Crippen LogP contribution in [-0.2, 0) is 22.5 Å². The fourth-order valence-corrected chi connectivity index (χ4v) is 3.14. The van der Waals surface area contributed by atoms with Crippen LogP contribution >= 0.6 is 0 Å². The van der Waals surface area contributed by atoms with Crippen molar-refractivity contribution in [1.29, 1.82) is 0 Å². The Morgan fingerprint density at radius 1 is 1.11 bits per heavy atom. The number of aromatic nitrogens is 1. The Morgan fingerprint density at radius 3 is 2.74 bits per heavy atom. The number of benzene rings is 2. The molecule has 0 amide bonds. The van der Waals surface area contributed by atoms with E-state index in [1.54, 1.807) is 19.3 Å². The molecule has 3 aromatic rings. The van der Waals surface area contributed by atoms with Gasteiger partial charge in [0, 0.05) is 48.8 Å². The summed E-state index contributed by atoms with van der Waals surface area (Å²) in [5.41, 5.74) is 1.26. The van der Waals surface area contributed by atoms with Crippen molar-refractivity contribution in [2.45, 2.75) is 32.7 Å². The van der Waals surface area contributed by atoms with Gasteiger partial charge in [0.15, 0.2) is 5.43 Å². The van der Waals surface area contributed by atoms with Crippen molar-refractivity contribution in [3.05, 3.63) is 76.2 Å². The standard InChI is InChI=1S/C22H23NO4/c1-2-27-21(25)8-5-12-23-13-11-20(24)18(15-23)14-17-10-9-16-6-3-4-7-19(16)22(17)26/h3-4,6-7,9-11,13,15,26H,2,5,8,12,14H2,1H3. The molecular formula is C22H23NO4. The molecule has 0 aliphatic heterocycles. The number of hydrogen-bond donors (Lipinski definition) is 1. The summed E-state index contributed by atoms with van der Waals surface area (Å²) < 4.78 is 6.82. The first kappa shape index (κ1) is 18.7. The van der Waals surface area contributed by atoms with E-state index in [4.69, 9.17) is 4.74 Å². The third-order valence-electron chi connectivity index (χ3n) is 4.52. The Balaban J connectivity index is 1.76. The predicted molar refractivity (Wildman–Crippen MR) is 105 cm³/mol. The summed E-state index contributed by atoms with van der Waals surface area (Å²) in [6.45, 7) is 2.79. The molecule has 0 saturated heterocycles. The van der Waals surface area contributed by atoms with E-state index in [2.05, 4.69) is 0 Å². The van der Waals surface area contributed by atoms with Gasteiger partial charge in [-0.15, -0.1) is 0 Å². The fourth-order valence-electron chi connectivity index (χ4n) is 3.14. The summed E-state index contributed by atoms with van der Waals surface area (Å²) in [5.74, 6) is 0.00469. The Morgan fingerprint density at radius 2 is 1.93 bits per heavy atom. The second kappa shape index (κ2) is 8.54. The van der Waals surface area contributed by atoms with Crippen molar-refractivity contribution in [2.75, 3.05) is 6.61 Å². The van der Waals surface area contributed by atoms with Gasteiger partial charge in [0.2, 0.25) is 0 Å². The van der Waals surface area contributed by atoms with Gasteiger partial charge < -0.3 is 14.4 Å². The maximum Gasteiger partial charge on any atom is 0.305 e. The van der Waals surface area contributed by atoms with E-state index >= 15 is 0 Å². The number of phenolic OH excluding ortho intramolecular Hbond substituents is 1. The normalized spacial score (nSPS) is 10.9. The van der Waals surface area contributed by atoms with Gasteiger partial charge in [0.1, 0.15) is 5.75 Å². The van der Waals surface area contributed by atoms with Crippen LogP contribution in [0.2, 0.25) is 0 Å². The number of aryl methyl sites for hydroxylation is 1. The summed E-state index contributed by atoms with van der Waals surface area (Å²) in [5, 5.41) is 12.3. The molecule has 0 bridgehead atoms. The first-order valence-electron chi connectivity index (χ1n) is 9.12. The lowest BCUT2D eigenvalue weighted by Gasteiger charge is -2.11. The highest BCUT2D eigenvalue weighted by atomic mass is 16.5. The molecule has 1 aromatic heterocycles. The molecule has 27 heavy (non-hydrogen) atoms. The van der Waals surface area contributed by atoms with Crippen LogP contribution in [0.15, 0.2) is 59.7 Å². The predicted octanol–water partition coefficient (Wildman–Crippen LogP) is 3.64. The highest BCUT2D eigenvalue weighted by molar-refractivity contribution is 5.89. The van der Waals surface area contributed by atoms with Gasteiger partial charge in [0.25, 0.3) is 0 Å². The van der Waals surface area contributed by atoms with Crippen LogP contribution in [0.25, 0.3) is 10.8 Å². The number of esters is 1. The van der Waals surface area contributed by atoms with Crippen LogP contribution in [0, 0.1) is 0 Å². The van der Waals surface area contributed by atoms with Crippen molar-refractivity contribution in [3.63, 3.8) is 0 Å². The number of ether oxygens (including phenoxy) is 1. The number of carbonyl (C=O) groups is 1. The molecule has 0 unspecified atom stereocenters. The highest BCUT2D eigenvalue weighted by Gasteiger charge is 2.10. The second-order valence-corrected chi connectivity index (χ2v) is 6.45. The summed E-state index contributed by atoms with van der Waals surface area (Å²) in [7, 11) is 0. The summed E-state index contributed by atoms with van der Waals surface area (Å²) in [6.07, 6.45) is 4.86. The van der Waals surface area contributed by atoms with Crippen molar-refractivity contribution >= 4 is 16.7 Å². The monoisotopic (exact) mass is 365 g/mol. The maximum absolute atomic E-state index is 12.2. The summed E-state index contributed by atoms with van der Waals surface area (Å²) in [4.78, 5) is 23.7. The molecule has 0 aliphatic rings. The lowest BCUT2D eigenvalue weighted by molar-refractivity contribution is -0.143. The van der Waals surface area contributed by atoms with Gasteiger partial charge in [-0.2, -0.15) is 0 Å². The second-order valence-electron chi connectivity index (χ2n) is 6.45. The third-order valence-corrected chi connectivity index (χ3v) is 4.52. The topological polar surface area (TPSA) is 68.5 Å². The average molecular weight is 365 g/mol. The fraction of sp³-hybridized carbons (Fsp3) is 0.273. The van der Waals surface area contributed by atoms with Gasteiger partial charge in [-0.05, 0) is 24.3 Å². The van der Waals surface area contributed by atoms with Crippen molar-refractivity contribution in [3.8, 4) is 5.75 Å². The minimum atomic E-state index is -0.208. The SMILES string of the molecule is CCOC(=O)CCCn1ccc(=O)c(Cc2ccc3ccccc3c2O)c1. The summed E-state index contributed by atoms with van der Waals surface area (Å²) in [6, 6.07) is 12.9. The Kier molecular flexibility index (Phi) is 5.91. The maximum atomic E-state index is 12.2. The van der Waals surface area contributed by atoms with E-state index in [1.807, 2.05) is 41.0 Å². The number of pyridine rings is 1. The van der Waals surface area contributed by atoms with E-state index < -0.39 is 0 Å². The van der Waals surface area contributed by atoms with Crippen LogP contribution in [0.4, 0.5) is 0 Å². The van der Waals surface area contributed by atoms with Crippen LogP contribution in [0.3, 0.4) is 0 Å². The number of hydrogen-bond acceptors (Lipinski definition) is 4. The van der Waals surface area contributed by atoms with E-state index in [-0.39, 0.29) is 17.1 Å². The van der Waals surface area contributed by atoms with Gasteiger partial charge >= 0.3 is 5.97 Å². The zero-order valence-electron chi connectivity index (χ0n) is 15.4. The molecular weight excluding hydrogens is 342 g/mol. The first-order valence-corrected chi connectivity index (χ1v) is 9.12. The number of phenols is 1. The number of nitrogens with zero attached hydrogens (tertiary/aromatic N) is 1. The van der Waals surface area contributed by atoms with E-state index in [0.717, 1.165) is 16.3 Å². The molecule has 3 rings (SSSR count). The van der Waals surface area contributed by atoms with E-state index in [9.17, 15) is 14.7 Å². The molecule has 5 nitrogen and oxygen atoms in total. The molecule has 0 saturated carbocycles. The lowest BCUT2D eigenvalue weighted by Crippen LogP contribution is -2.13. The average Bonchev–Trinajstić information content (AvgIpc) is 2.67. The Bertz CT molecular complexity index is 1010. The van der Waals surface area contributed by atoms with Gasteiger partial charge in [-0.25, -0.2) is 0 Å². The molecule has 0 radical (unpaired) electrons. The van der Waals surface area contributed by atoms with E-state index in [0.29, 0.717) is 38.0 Å². The van der Waals surface area contributed by atoms with Gasteiger partial charge in [0.05, 0.1) is 6.61 Å². The zero-order valence-corrected chi connectivity index (χ0v) is 15.4.